The van der Waals surface area contributed by atoms with E-state index in [1.54, 1.807) is 10.6 Å². The van der Waals surface area contributed by atoms with Crippen molar-refractivity contribution >= 4 is 22.4 Å². The first-order valence-corrected chi connectivity index (χ1v) is 4.86. The number of rotatable bonds is 1. The molecule has 3 rings (SSSR count). The summed E-state index contributed by atoms with van der Waals surface area (Å²) < 4.78 is 1.65. The average molecular weight is 212 g/mol. The van der Waals surface area contributed by atoms with Crippen LogP contribution < -0.4 is 0 Å². The molecule has 0 fully saturated rings. The molecule has 0 radical (unpaired) electrons. The Hall–Kier alpha value is -2.36. The number of pyridine rings is 1. The van der Waals surface area contributed by atoms with Gasteiger partial charge < -0.3 is 5.11 Å². The maximum atomic E-state index is 11.0. The van der Waals surface area contributed by atoms with Crippen LogP contribution in [0, 0.1) is 0 Å². The molecule has 3 aromatic rings. The highest BCUT2D eigenvalue weighted by molar-refractivity contribution is 5.97. The predicted molar refractivity (Wildman–Crippen MR) is 59.7 cm³/mol. The zero-order valence-electron chi connectivity index (χ0n) is 8.29. The Bertz CT molecular complexity index is 700. The highest BCUT2D eigenvalue weighted by Crippen LogP contribution is 2.18. The minimum absolute atomic E-state index is 0.228. The lowest BCUT2D eigenvalue weighted by atomic mass is 10.2. The summed E-state index contributed by atoms with van der Waals surface area (Å²) in [6.45, 7) is 0. The number of nitrogens with zero attached hydrogens (tertiary/aromatic N) is 2. The SMILES string of the molecule is O=C(O)c1cnn2c1ccc1ccccc12. The molecule has 0 aliphatic rings. The lowest BCUT2D eigenvalue weighted by Crippen LogP contribution is -1.95. The van der Waals surface area contributed by atoms with E-state index in [2.05, 4.69) is 5.10 Å². The van der Waals surface area contributed by atoms with Crippen LogP contribution in [0.1, 0.15) is 10.4 Å². The molecule has 0 atom stereocenters. The Kier molecular flexibility index (Phi) is 1.71. The Labute approximate surface area is 90.7 Å². The van der Waals surface area contributed by atoms with Gasteiger partial charge in [-0.3, -0.25) is 0 Å². The first-order valence-electron chi connectivity index (χ1n) is 4.86. The third-order valence-corrected chi connectivity index (χ3v) is 2.62. The molecule has 78 valence electrons. The quantitative estimate of drug-likeness (QED) is 0.672. The number of carboxylic acids is 1. The van der Waals surface area contributed by atoms with Crippen molar-refractivity contribution in [1.29, 1.82) is 0 Å². The van der Waals surface area contributed by atoms with Crippen molar-refractivity contribution in [3.05, 3.63) is 48.2 Å². The molecule has 0 aliphatic carbocycles. The molecule has 16 heavy (non-hydrogen) atoms. The molecule has 0 spiro atoms. The molecule has 2 heterocycles. The van der Waals surface area contributed by atoms with Gasteiger partial charge in [0.15, 0.2) is 0 Å². The van der Waals surface area contributed by atoms with Crippen molar-refractivity contribution in [3.63, 3.8) is 0 Å². The summed E-state index contributed by atoms with van der Waals surface area (Å²) in [7, 11) is 0. The summed E-state index contributed by atoms with van der Waals surface area (Å²) >= 11 is 0. The van der Waals surface area contributed by atoms with Crippen LogP contribution in [0.25, 0.3) is 16.4 Å². The van der Waals surface area contributed by atoms with Gasteiger partial charge in [0.2, 0.25) is 0 Å². The van der Waals surface area contributed by atoms with Crippen LogP contribution in [0.5, 0.6) is 0 Å². The van der Waals surface area contributed by atoms with E-state index in [-0.39, 0.29) is 5.56 Å². The summed E-state index contributed by atoms with van der Waals surface area (Å²) in [5.41, 5.74) is 1.75. The first-order chi connectivity index (χ1) is 7.77. The molecule has 1 aromatic carbocycles. The van der Waals surface area contributed by atoms with E-state index in [9.17, 15) is 4.79 Å². The largest absolute Gasteiger partial charge is 0.478 e. The van der Waals surface area contributed by atoms with Crippen LogP contribution in [0.3, 0.4) is 0 Å². The summed E-state index contributed by atoms with van der Waals surface area (Å²) in [6.07, 6.45) is 1.38. The number of aromatic carboxylic acids is 1. The standard InChI is InChI=1S/C12H8N2O2/c15-12(16)9-7-13-14-10-4-2-1-3-8(10)5-6-11(9)14/h1-7H,(H,15,16). The van der Waals surface area contributed by atoms with Gasteiger partial charge in [-0.15, -0.1) is 0 Å². The summed E-state index contributed by atoms with van der Waals surface area (Å²) in [5.74, 6) is -0.953. The number of carbonyl (C=O) groups is 1. The minimum Gasteiger partial charge on any atom is -0.478 e. The van der Waals surface area contributed by atoms with Crippen LogP contribution in [0.15, 0.2) is 42.6 Å². The van der Waals surface area contributed by atoms with Crippen LogP contribution in [-0.4, -0.2) is 20.7 Å². The smallest absolute Gasteiger partial charge is 0.339 e. The fourth-order valence-electron chi connectivity index (χ4n) is 1.87. The lowest BCUT2D eigenvalue weighted by Gasteiger charge is -2.00. The molecule has 0 aliphatic heterocycles. The molecule has 0 amide bonds. The van der Waals surface area contributed by atoms with Gasteiger partial charge in [-0.2, -0.15) is 5.10 Å². The highest BCUT2D eigenvalue weighted by atomic mass is 16.4. The number of fused-ring (bicyclic) bond motifs is 3. The van der Waals surface area contributed by atoms with E-state index < -0.39 is 5.97 Å². The fraction of sp³-hybridized carbons (Fsp3) is 0. The molecule has 0 saturated carbocycles. The van der Waals surface area contributed by atoms with Gasteiger partial charge in [0.1, 0.15) is 5.56 Å². The van der Waals surface area contributed by atoms with Crippen LogP contribution in [0.4, 0.5) is 0 Å². The van der Waals surface area contributed by atoms with Gasteiger partial charge in [0, 0.05) is 5.39 Å². The third-order valence-electron chi connectivity index (χ3n) is 2.62. The van der Waals surface area contributed by atoms with E-state index in [0.29, 0.717) is 5.52 Å². The van der Waals surface area contributed by atoms with Gasteiger partial charge in [-0.25, -0.2) is 9.31 Å². The zero-order valence-corrected chi connectivity index (χ0v) is 8.29. The molecule has 0 bridgehead atoms. The van der Waals surface area contributed by atoms with Gasteiger partial charge >= 0.3 is 5.97 Å². The van der Waals surface area contributed by atoms with E-state index in [4.69, 9.17) is 5.11 Å². The fourth-order valence-corrected chi connectivity index (χ4v) is 1.87. The second kappa shape index (κ2) is 3.06. The molecule has 2 aromatic heterocycles. The monoisotopic (exact) mass is 212 g/mol. The van der Waals surface area contributed by atoms with Gasteiger partial charge in [-0.1, -0.05) is 24.3 Å². The van der Waals surface area contributed by atoms with E-state index in [1.165, 1.54) is 6.20 Å². The summed E-state index contributed by atoms with van der Waals surface area (Å²) in [5, 5.41) is 14.1. The van der Waals surface area contributed by atoms with Gasteiger partial charge in [-0.05, 0) is 12.1 Å². The predicted octanol–water partition coefficient (Wildman–Crippen LogP) is 2.19. The number of para-hydroxylation sites is 1. The minimum atomic E-state index is -0.953. The summed E-state index contributed by atoms with van der Waals surface area (Å²) in [4.78, 5) is 11.0. The Morgan fingerprint density at radius 1 is 1.12 bits per heavy atom. The highest BCUT2D eigenvalue weighted by Gasteiger charge is 2.11. The molecule has 0 unspecified atom stereocenters. The van der Waals surface area contributed by atoms with Crippen molar-refractivity contribution in [2.45, 2.75) is 0 Å². The van der Waals surface area contributed by atoms with Crippen molar-refractivity contribution in [2.24, 2.45) is 0 Å². The Morgan fingerprint density at radius 3 is 2.75 bits per heavy atom. The van der Waals surface area contributed by atoms with Crippen molar-refractivity contribution in [1.82, 2.24) is 9.61 Å². The summed E-state index contributed by atoms with van der Waals surface area (Å²) in [6, 6.07) is 11.4. The van der Waals surface area contributed by atoms with Crippen LogP contribution in [0.2, 0.25) is 0 Å². The molecule has 0 saturated heterocycles. The van der Waals surface area contributed by atoms with Crippen molar-refractivity contribution in [3.8, 4) is 0 Å². The van der Waals surface area contributed by atoms with Crippen LogP contribution >= 0.6 is 0 Å². The first kappa shape index (κ1) is 8.91. The maximum absolute atomic E-state index is 11.0. The van der Waals surface area contributed by atoms with Crippen molar-refractivity contribution < 1.29 is 9.90 Å². The van der Waals surface area contributed by atoms with Gasteiger partial charge in [0.05, 0.1) is 17.2 Å². The average Bonchev–Trinajstić information content (AvgIpc) is 2.73. The zero-order chi connectivity index (χ0) is 11.1. The van der Waals surface area contributed by atoms with E-state index in [1.807, 2.05) is 30.3 Å². The maximum Gasteiger partial charge on any atom is 0.339 e. The number of carboxylic acid groups (broad SMARTS) is 1. The third kappa shape index (κ3) is 1.10. The van der Waals surface area contributed by atoms with Crippen molar-refractivity contribution in [2.75, 3.05) is 0 Å². The van der Waals surface area contributed by atoms with Gasteiger partial charge in [0.25, 0.3) is 0 Å². The lowest BCUT2D eigenvalue weighted by molar-refractivity contribution is 0.0699. The number of benzene rings is 1. The van der Waals surface area contributed by atoms with E-state index >= 15 is 0 Å². The number of aromatic nitrogens is 2. The Morgan fingerprint density at radius 2 is 1.94 bits per heavy atom. The molecule has 4 heteroatoms. The molecule has 4 nitrogen and oxygen atoms in total. The molecular weight excluding hydrogens is 204 g/mol. The molecular formula is C12H8N2O2. The topological polar surface area (TPSA) is 54.6 Å². The normalized spacial score (nSPS) is 11.0. The van der Waals surface area contributed by atoms with Crippen LogP contribution in [-0.2, 0) is 0 Å². The number of hydrogen-bond donors (Lipinski definition) is 1. The second-order valence-electron chi connectivity index (χ2n) is 3.55. The molecule has 1 N–H and O–H groups in total. The number of hydrogen-bond acceptors (Lipinski definition) is 2. The Balaban J connectivity index is 2.49. The second-order valence-corrected chi connectivity index (χ2v) is 3.55. The van der Waals surface area contributed by atoms with E-state index in [0.717, 1.165) is 10.9 Å².